The van der Waals surface area contributed by atoms with E-state index in [2.05, 4.69) is 10.2 Å². The quantitative estimate of drug-likeness (QED) is 0.659. The van der Waals surface area contributed by atoms with Crippen LogP contribution in [0.5, 0.6) is 0 Å². The Morgan fingerprint density at radius 3 is 2.62 bits per heavy atom. The van der Waals surface area contributed by atoms with E-state index >= 15 is 0 Å². The summed E-state index contributed by atoms with van der Waals surface area (Å²) in [6.45, 7) is 0. The van der Waals surface area contributed by atoms with Crippen molar-refractivity contribution in [2.45, 2.75) is 12.5 Å². The molecule has 2 aliphatic heterocycles. The second-order valence-electron chi connectivity index (χ2n) is 5.61. The first kappa shape index (κ1) is 17.7. The van der Waals surface area contributed by atoms with Crippen LogP contribution < -0.4 is 5.56 Å². The number of nitrogens with one attached hydrogen (secondary N) is 1. The molecule has 0 fully saturated rings. The topological polar surface area (TPSA) is 114 Å². The molecule has 0 radical (unpaired) electrons. The molecule has 1 unspecified atom stereocenters. The van der Waals surface area contributed by atoms with E-state index in [1.54, 1.807) is 24.3 Å². The fourth-order valence-corrected chi connectivity index (χ4v) is 2.79. The summed E-state index contributed by atoms with van der Waals surface area (Å²) in [6, 6.07) is 5.72. The monoisotopic (exact) mass is 375 g/mol. The van der Waals surface area contributed by atoms with Gasteiger partial charge in [0, 0.05) is 23.8 Å². The van der Waals surface area contributed by atoms with Crippen LogP contribution in [-0.2, 0) is 16.0 Å². The van der Waals surface area contributed by atoms with Crippen LogP contribution in [0.2, 0.25) is 5.02 Å². The van der Waals surface area contributed by atoms with Crippen LogP contribution in [0.1, 0.15) is 22.0 Å². The molecule has 3 rings (SSSR count). The van der Waals surface area contributed by atoms with Crippen molar-refractivity contribution in [1.82, 2.24) is 14.8 Å². The molecule has 134 valence electrons. The lowest BCUT2D eigenvalue weighted by atomic mass is 10.0. The van der Waals surface area contributed by atoms with Gasteiger partial charge in [-0.25, -0.2) is 14.7 Å². The number of aromatic nitrogens is 3. The van der Waals surface area contributed by atoms with E-state index in [1.807, 2.05) is 0 Å². The van der Waals surface area contributed by atoms with Gasteiger partial charge in [-0.2, -0.15) is 5.10 Å². The maximum Gasteiger partial charge on any atom is 0.341 e. The Kier molecular flexibility index (Phi) is 4.77. The standard InChI is InChI=1S/C17H14ClN3O5/c1-26-17(25)12-8-21(7-11-14(12)19-20-15(11)22)13(16(23)24)6-9-2-4-10(18)5-3-9/h2-5,7-8,13H,6H2,1H3,(H,20,22)(H,23,24). The Bertz CT molecular complexity index is 992. The van der Waals surface area contributed by atoms with Gasteiger partial charge in [0.25, 0.3) is 5.56 Å². The van der Waals surface area contributed by atoms with E-state index in [0.29, 0.717) is 5.02 Å². The fraction of sp³-hybridized carbons (Fsp3) is 0.176. The van der Waals surface area contributed by atoms with Gasteiger partial charge in [-0.1, -0.05) is 23.7 Å². The molecule has 1 aromatic carbocycles. The second kappa shape index (κ2) is 7.01. The number of carbonyl (C=O) groups is 2. The Morgan fingerprint density at radius 1 is 1.31 bits per heavy atom. The predicted octanol–water partition coefficient (Wildman–Crippen LogP) is 1.98. The van der Waals surface area contributed by atoms with Crippen molar-refractivity contribution in [2.24, 2.45) is 0 Å². The van der Waals surface area contributed by atoms with Gasteiger partial charge in [-0.05, 0) is 17.7 Å². The number of hydrogen-bond acceptors (Lipinski definition) is 5. The molecule has 2 aliphatic rings. The minimum absolute atomic E-state index is 0.00528. The Labute approximate surface area is 152 Å². The van der Waals surface area contributed by atoms with Crippen LogP contribution in [0.4, 0.5) is 0 Å². The zero-order valence-corrected chi connectivity index (χ0v) is 14.4. The van der Waals surface area contributed by atoms with Gasteiger partial charge in [-0.3, -0.25) is 4.79 Å². The molecular weight excluding hydrogens is 362 g/mol. The molecule has 0 saturated carbocycles. The number of pyridine rings is 1. The molecule has 9 heteroatoms. The SMILES string of the molecule is COC(=O)c1cn(C(Cc2ccc(Cl)cc2)C(=O)O)cc2c(=O)[nH]nc1-2. The lowest BCUT2D eigenvalue weighted by molar-refractivity contribution is -0.140. The number of aromatic amines is 1. The second-order valence-corrected chi connectivity index (χ2v) is 6.05. The third kappa shape index (κ3) is 3.31. The number of benzene rings is 1. The van der Waals surface area contributed by atoms with Gasteiger partial charge in [-0.15, -0.1) is 0 Å². The van der Waals surface area contributed by atoms with Gasteiger partial charge in [0.2, 0.25) is 0 Å². The number of rotatable bonds is 5. The van der Waals surface area contributed by atoms with Crippen molar-refractivity contribution < 1.29 is 19.4 Å². The molecule has 2 heterocycles. The van der Waals surface area contributed by atoms with Crippen LogP contribution in [0.15, 0.2) is 41.5 Å². The third-order valence-electron chi connectivity index (χ3n) is 3.97. The number of hydrogen-bond donors (Lipinski definition) is 2. The molecule has 0 spiro atoms. The number of nitrogens with zero attached hydrogens (tertiary/aromatic N) is 2. The number of H-pyrrole nitrogens is 1. The van der Waals surface area contributed by atoms with Gasteiger partial charge in [0.1, 0.15) is 17.3 Å². The highest BCUT2D eigenvalue weighted by atomic mass is 35.5. The molecule has 0 aliphatic carbocycles. The van der Waals surface area contributed by atoms with Crippen molar-refractivity contribution >= 4 is 23.5 Å². The summed E-state index contributed by atoms with van der Waals surface area (Å²) in [4.78, 5) is 35.8. The first-order chi connectivity index (χ1) is 12.4. The third-order valence-corrected chi connectivity index (χ3v) is 4.23. The fourth-order valence-electron chi connectivity index (χ4n) is 2.66. The summed E-state index contributed by atoms with van der Waals surface area (Å²) in [7, 11) is 1.19. The lowest BCUT2D eigenvalue weighted by Gasteiger charge is -2.19. The normalized spacial score (nSPS) is 12.1. The number of esters is 1. The number of carbonyl (C=O) groups excluding carboxylic acids is 1. The summed E-state index contributed by atoms with van der Waals surface area (Å²) in [5.41, 5.74) is 0.466. The predicted molar refractivity (Wildman–Crippen MR) is 92.6 cm³/mol. The molecular formula is C17H14ClN3O5. The summed E-state index contributed by atoms with van der Waals surface area (Å²) < 4.78 is 6.02. The zero-order valence-electron chi connectivity index (χ0n) is 13.6. The van der Waals surface area contributed by atoms with E-state index in [1.165, 1.54) is 24.1 Å². The van der Waals surface area contributed by atoms with Crippen LogP contribution in [0, 0.1) is 0 Å². The van der Waals surface area contributed by atoms with Crippen LogP contribution in [0.3, 0.4) is 0 Å². The first-order valence-electron chi connectivity index (χ1n) is 7.56. The van der Waals surface area contributed by atoms with Gasteiger partial charge in [0.15, 0.2) is 0 Å². The average molecular weight is 376 g/mol. The molecule has 0 amide bonds. The number of carboxylic acid groups (broad SMARTS) is 1. The summed E-state index contributed by atoms with van der Waals surface area (Å²) in [5, 5.41) is 16.3. The number of fused-ring (bicyclic) bond motifs is 1. The number of ether oxygens (including phenoxy) is 1. The highest BCUT2D eigenvalue weighted by molar-refractivity contribution is 6.30. The van der Waals surface area contributed by atoms with E-state index in [-0.39, 0.29) is 23.2 Å². The highest BCUT2D eigenvalue weighted by Crippen LogP contribution is 2.25. The summed E-state index contributed by atoms with van der Waals surface area (Å²) in [5.74, 6) is -1.83. The minimum Gasteiger partial charge on any atom is -0.480 e. The zero-order chi connectivity index (χ0) is 18.8. The van der Waals surface area contributed by atoms with Gasteiger partial charge >= 0.3 is 11.9 Å². The largest absolute Gasteiger partial charge is 0.480 e. The summed E-state index contributed by atoms with van der Waals surface area (Å²) >= 11 is 5.85. The van der Waals surface area contributed by atoms with Crippen molar-refractivity contribution in [2.75, 3.05) is 7.11 Å². The number of methoxy groups -OCH3 is 1. The van der Waals surface area contributed by atoms with Crippen molar-refractivity contribution in [1.29, 1.82) is 0 Å². The van der Waals surface area contributed by atoms with Crippen molar-refractivity contribution in [3.63, 3.8) is 0 Å². The number of halogens is 1. The molecule has 26 heavy (non-hydrogen) atoms. The van der Waals surface area contributed by atoms with E-state index < -0.39 is 23.5 Å². The molecule has 2 N–H and O–H groups in total. The van der Waals surface area contributed by atoms with Crippen LogP contribution in [0.25, 0.3) is 11.3 Å². The average Bonchev–Trinajstić information content (AvgIpc) is 3.00. The van der Waals surface area contributed by atoms with Crippen LogP contribution in [-0.4, -0.2) is 38.9 Å². The number of carboxylic acids is 1. The maximum atomic E-state index is 12.0. The Balaban J connectivity index is 2.10. The van der Waals surface area contributed by atoms with Crippen LogP contribution >= 0.6 is 11.6 Å². The Hall–Kier alpha value is -3.13. The smallest absolute Gasteiger partial charge is 0.341 e. The maximum absolute atomic E-state index is 12.0. The molecule has 1 aromatic rings. The Morgan fingerprint density at radius 2 is 2.00 bits per heavy atom. The molecule has 0 aromatic heterocycles. The molecule has 0 bridgehead atoms. The minimum atomic E-state index is -1.11. The van der Waals surface area contributed by atoms with Gasteiger partial charge < -0.3 is 14.4 Å². The van der Waals surface area contributed by atoms with E-state index in [4.69, 9.17) is 16.3 Å². The molecule has 8 nitrogen and oxygen atoms in total. The first-order valence-corrected chi connectivity index (χ1v) is 7.94. The number of aliphatic carboxylic acids is 1. The molecule has 1 atom stereocenters. The van der Waals surface area contributed by atoms with Crippen molar-refractivity contribution in [3.8, 4) is 11.3 Å². The van der Waals surface area contributed by atoms with E-state index in [0.717, 1.165) is 5.56 Å². The molecule has 0 saturated heterocycles. The van der Waals surface area contributed by atoms with Crippen molar-refractivity contribution in [3.05, 3.63) is 63.2 Å². The summed E-state index contributed by atoms with van der Waals surface area (Å²) in [6.07, 6.45) is 2.82. The lowest BCUT2D eigenvalue weighted by Crippen LogP contribution is -2.23. The van der Waals surface area contributed by atoms with E-state index in [9.17, 15) is 19.5 Å². The van der Waals surface area contributed by atoms with Gasteiger partial charge in [0.05, 0.1) is 12.7 Å². The highest BCUT2D eigenvalue weighted by Gasteiger charge is 2.26.